The first-order valence-corrected chi connectivity index (χ1v) is 10.6. The molecule has 7 heteroatoms. The van der Waals surface area contributed by atoms with Crippen molar-refractivity contribution in [1.29, 1.82) is 0 Å². The summed E-state index contributed by atoms with van der Waals surface area (Å²) in [5, 5.41) is 20.5. The van der Waals surface area contributed by atoms with Crippen molar-refractivity contribution in [2.24, 2.45) is 4.99 Å². The van der Waals surface area contributed by atoms with Crippen molar-refractivity contribution >= 4 is 68.1 Å². The maximum absolute atomic E-state index is 10.3. The van der Waals surface area contributed by atoms with Crippen LogP contribution >= 0.6 is 45.2 Å². The first kappa shape index (κ1) is 19.2. The Hall–Kier alpha value is -2.14. The lowest BCUT2D eigenvalue weighted by Crippen LogP contribution is -1.88. The van der Waals surface area contributed by atoms with Crippen LogP contribution < -0.4 is 0 Å². The number of aromatic amines is 1. The van der Waals surface area contributed by atoms with Crippen molar-refractivity contribution in [3.63, 3.8) is 0 Å². The first-order chi connectivity index (χ1) is 13.4. The zero-order valence-electron chi connectivity index (χ0n) is 14.7. The molecule has 1 aromatic heterocycles. The molecule has 4 rings (SSSR count). The van der Waals surface area contributed by atoms with Crippen LogP contribution in [0.5, 0.6) is 11.5 Å². The molecule has 1 heterocycles. The van der Waals surface area contributed by atoms with Gasteiger partial charge in [-0.2, -0.15) is 0 Å². The maximum Gasteiger partial charge on any atom is 0.142 e. The summed E-state index contributed by atoms with van der Waals surface area (Å²) in [6.07, 6.45) is 1.62. The number of aryl methyl sites for hydroxylation is 1. The Kier molecular flexibility index (Phi) is 5.28. The third kappa shape index (κ3) is 3.86. The quantitative estimate of drug-likeness (QED) is 0.204. The van der Waals surface area contributed by atoms with Crippen molar-refractivity contribution in [3.8, 4) is 22.9 Å². The second kappa shape index (κ2) is 7.70. The number of aromatic nitrogens is 2. The predicted molar refractivity (Wildman–Crippen MR) is 129 cm³/mol. The van der Waals surface area contributed by atoms with Gasteiger partial charge in [0.05, 0.1) is 25.9 Å². The van der Waals surface area contributed by atoms with Gasteiger partial charge in [0.2, 0.25) is 0 Å². The molecule has 0 aliphatic rings. The van der Waals surface area contributed by atoms with E-state index in [0.717, 1.165) is 23.7 Å². The lowest BCUT2D eigenvalue weighted by molar-refractivity contribution is 0.470. The third-order valence-electron chi connectivity index (χ3n) is 4.28. The highest BCUT2D eigenvalue weighted by atomic mass is 127. The number of aromatic hydroxyl groups is 2. The van der Waals surface area contributed by atoms with E-state index >= 15 is 0 Å². The summed E-state index contributed by atoms with van der Waals surface area (Å²) in [6.45, 7) is 2.02. The number of aliphatic imine (C=N–C) groups is 1. The van der Waals surface area contributed by atoms with Gasteiger partial charge >= 0.3 is 0 Å². The van der Waals surface area contributed by atoms with Crippen LogP contribution in [-0.2, 0) is 0 Å². The van der Waals surface area contributed by atoms with Crippen molar-refractivity contribution in [2.75, 3.05) is 0 Å². The van der Waals surface area contributed by atoms with Gasteiger partial charge in [-0.1, -0.05) is 6.07 Å². The summed E-state index contributed by atoms with van der Waals surface area (Å²) >= 11 is 4.30. The average Bonchev–Trinajstić information content (AvgIpc) is 3.07. The van der Waals surface area contributed by atoms with Gasteiger partial charge in [0, 0.05) is 15.3 Å². The molecule has 5 nitrogen and oxygen atoms in total. The van der Waals surface area contributed by atoms with E-state index in [1.165, 1.54) is 0 Å². The molecule has 28 heavy (non-hydrogen) atoms. The molecule has 140 valence electrons. The van der Waals surface area contributed by atoms with Crippen LogP contribution in [-0.4, -0.2) is 26.4 Å². The molecule has 0 saturated carbocycles. The molecule has 0 radical (unpaired) electrons. The summed E-state index contributed by atoms with van der Waals surface area (Å²) in [5.41, 5.74) is 4.76. The van der Waals surface area contributed by atoms with E-state index in [-0.39, 0.29) is 11.5 Å². The highest BCUT2D eigenvalue weighted by molar-refractivity contribution is 14.1. The molecule has 0 amide bonds. The monoisotopic (exact) mass is 595 g/mol. The molecular formula is C21H15I2N3O2. The zero-order chi connectivity index (χ0) is 19.8. The van der Waals surface area contributed by atoms with E-state index < -0.39 is 0 Å². The molecule has 0 spiro atoms. The molecular weight excluding hydrogens is 580 g/mol. The number of halogens is 2. The Balaban J connectivity index is 1.73. The summed E-state index contributed by atoms with van der Waals surface area (Å²) in [4.78, 5) is 12.3. The lowest BCUT2D eigenvalue weighted by Gasteiger charge is -2.04. The summed E-state index contributed by atoms with van der Waals surface area (Å²) in [5.74, 6) is 0.916. The molecule has 4 aromatic rings. The number of hydrogen-bond acceptors (Lipinski definition) is 4. The molecule has 3 N–H and O–H groups in total. The normalized spacial score (nSPS) is 11.5. The number of hydrogen-bond donors (Lipinski definition) is 3. The van der Waals surface area contributed by atoms with Crippen LogP contribution in [0.25, 0.3) is 22.4 Å². The van der Waals surface area contributed by atoms with E-state index in [9.17, 15) is 10.2 Å². The Labute approximate surface area is 188 Å². The van der Waals surface area contributed by atoms with Crippen LogP contribution in [0.15, 0.2) is 53.5 Å². The van der Waals surface area contributed by atoms with Crippen LogP contribution in [0.3, 0.4) is 0 Å². The van der Waals surface area contributed by atoms with Crippen molar-refractivity contribution in [3.05, 3.63) is 66.8 Å². The smallest absolute Gasteiger partial charge is 0.142 e. The molecule has 3 aromatic carbocycles. The Morgan fingerprint density at radius 3 is 2.68 bits per heavy atom. The highest BCUT2D eigenvalue weighted by Crippen LogP contribution is 2.33. The zero-order valence-corrected chi connectivity index (χ0v) is 19.1. The first-order valence-electron chi connectivity index (χ1n) is 8.42. The maximum atomic E-state index is 10.3. The van der Waals surface area contributed by atoms with E-state index in [2.05, 4.69) is 60.1 Å². The molecule has 0 bridgehead atoms. The molecule has 0 unspecified atom stereocenters. The number of phenols is 2. The number of fused-ring (bicyclic) bond motifs is 1. The molecule has 0 atom stereocenters. The van der Waals surface area contributed by atoms with E-state index in [0.29, 0.717) is 22.6 Å². The number of rotatable bonds is 3. The Bertz CT molecular complexity index is 1230. The summed E-state index contributed by atoms with van der Waals surface area (Å²) in [7, 11) is 0. The summed E-state index contributed by atoms with van der Waals surface area (Å²) < 4.78 is 1.79. The van der Waals surface area contributed by atoms with Crippen LogP contribution in [0.2, 0.25) is 0 Å². The molecule has 0 saturated heterocycles. The third-order valence-corrected chi connectivity index (χ3v) is 5.73. The lowest BCUT2D eigenvalue weighted by atomic mass is 10.1. The summed E-state index contributed by atoms with van der Waals surface area (Å²) in [6, 6.07) is 14.8. The predicted octanol–water partition coefficient (Wildman–Crippen LogP) is 5.91. The van der Waals surface area contributed by atoms with Crippen LogP contribution in [0.4, 0.5) is 5.69 Å². The van der Waals surface area contributed by atoms with E-state index in [1.807, 2.05) is 37.3 Å². The van der Waals surface area contributed by atoms with Crippen LogP contribution in [0, 0.1) is 14.1 Å². The van der Waals surface area contributed by atoms with Crippen molar-refractivity contribution in [1.82, 2.24) is 9.97 Å². The highest BCUT2D eigenvalue weighted by Gasteiger charge is 2.11. The average molecular weight is 595 g/mol. The second-order valence-corrected chi connectivity index (χ2v) is 8.80. The van der Waals surface area contributed by atoms with E-state index in [1.54, 1.807) is 24.4 Å². The number of nitrogens with zero attached hydrogens (tertiary/aromatic N) is 2. The van der Waals surface area contributed by atoms with Gasteiger partial charge < -0.3 is 15.2 Å². The number of phenolic OH excluding ortho intramolecular Hbond substituents is 2. The standard InChI is InChI=1S/C21H15I2N3O2/c1-11-2-4-17-18(6-11)26-21(25-17)15-9-14(3-5-19(15)27)24-10-12-7-13(22)8-16(23)20(12)28/h2-10,27-28H,1H3,(H,25,26). The van der Waals surface area contributed by atoms with Gasteiger partial charge in [0.15, 0.2) is 0 Å². The van der Waals surface area contributed by atoms with E-state index in [4.69, 9.17) is 0 Å². The number of H-pyrrole nitrogens is 1. The van der Waals surface area contributed by atoms with Gasteiger partial charge in [-0.15, -0.1) is 0 Å². The fourth-order valence-electron chi connectivity index (χ4n) is 2.87. The minimum atomic E-state index is 0.126. The Morgan fingerprint density at radius 1 is 1.04 bits per heavy atom. The van der Waals surface area contributed by atoms with Crippen molar-refractivity contribution in [2.45, 2.75) is 6.92 Å². The topological polar surface area (TPSA) is 81.5 Å². The molecule has 0 fully saturated rings. The van der Waals surface area contributed by atoms with Gasteiger partial charge in [-0.3, -0.25) is 4.99 Å². The van der Waals surface area contributed by atoms with Crippen LogP contribution in [0.1, 0.15) is 11.1 Å². The SMILES string of the molecule is Cc1ccc2nc(-c3cc(N=Cc4cc(I)cc(I)c4O)ccc3O)[nH]c2c1. The number of benzene rings is 3. The van der Waals surface area contributed by atoms with Crippen molar-refractivity contribution < 1.29 is 10.2 Å². The number of imidazole rings is 1. The van der Waals surface area contributed by atoms with Gasteiger partial charge in [-0.25, -0.2) is 4.98 Å². The minimum Gasteiger partial charge on any atom is -0.507 e. The molecule has 0 aliphatic carbocycles. The fourth-order valence-corrected chi connectivity index (χ4v) is 4.76. The van der Waals surface area contributed by atoms with Gasteiger partial charge in [0.1, 0.15) is 17.3 Å². The van der Waals surface area contributed by atoms with Gasteiger partial charge in [0.25, 0.3) is 0 Å². The Morgan fingerprint density at radius 2 is 1.86 bits per heavy atom. The second-order valence-electron chi connectivity index (χ2n) is 6.39. The van der Waals surface area contributed by atoms with Gasteiger partial charge in [-0.05, 0) is 100 Å². The minimum absolute atomic E-state index is 0.126. The number of nitrogens with one attached hydrogen (secondary N) is 1. The largest absolute Gasteiger partial charge is 0.507 e. The molecule has 0 aliphatic heterocycles. The fraction of sp³-hybridized carbons (Fsp3) is 0.0476.